The van der Waals surface area contributed by atoms with Crippen LogP contribution in [0, 0.1) is 11.3 Å². The number of fused-ring (bicyclic) bond motifs is 1. The Morgan fingerprint density at radius 1 is 1.11 bits per heavy atom. The van der Waals surface area contributed by atoms with Crippen LogP contribution < -0.4 is 4.72 Å². The van der Waals surface area contributed by atoms with Crippen molar-refractivity contribution in [3.05, 3.63) is 85.1 Å². The van der Waals surface area contributed by atoms with Gasteiger partial charge in [-0.05, 0) is 36.4 Å². The molecule has 9 nitrogen and oxygen atoms in total. The van der Waals surface area contributed by atoms with Gasteiger partial charge in [0.15, 0.2) is 0 Å². The van der Waals surface area contributed by atoms with Gasteiger partial charge < -0.3 is 4.98 Å². The molecule has 3 aromatic heterocycles. The third kappa shape index (κ3) is 4.19. The minimum absolute atomic E-state index is 0.185. The minimum Gasteiger partial charge on any atom is -0.346 e. The van der Waals surface area contributed by atoms with Gasteiger partial charge in [-0.15, -0.1) is 0 Å². The van der Waals surface area contributed by atoms with Gasteiger partial charge in [0.25, 0.3) is 0 Å². The Kier molecular flexibility index (Phi) is 5.86. The number of benzene rings is 2. The van der Waals surface area contributed by atoms with E-state index in [4.69, 9.17) is 0 Å². The molecule has 0 aliphatic heterocycles. The lowest BCUT2D eigenvalue weighted by Crippen LogP contribution is -2.19. The van der Waals surface area contributed by atoms with Gasteiger partial charge in [-0.1, -0.05) is 36.4 Å². The van der Waals surface area contributed by atoms with Crippen LogP contribution in [-0.2, 0) is 10.0 Å². The van der Waals surface area contributed by atoms with E-state index in [0.29, 0.717) is 5.56 Å². The Hall–Kier alpha value is -4.33. The van der Waals surface area contributed by atoms with Crippen molar-refractivity contribution in [3.63, 3.8) is 0 Å². The van der Waals surface area contributed by atoms with Crippen LogP contribution in [0.15, 0.2) is 84.4 Å². The maximum Gasteiger partial charge on any atom is 0.240 e. The van der Waals surface area contributed by atoms with E-state index in [2.05, 4.69) is 30.8 Å². The zero-order valence-electron chi connectivity index (χ0n) is 18.8. The van der Waals surface area contributed by atoms with Crippen molar-refractivity contribution in [2.75, 3.05) is 7.05 Å². The van der Waals surface area contributed by atoms with E-state index in [1.54, 1.807) is 35.1 Å². The van der Waals surface area contributed by atoms with Gasteiger partial charge in [0, 0.05) is 28.9 Å². The predicted octanol–water partition coefficient (Wildman–Crippen LogP) is 3.90. The summed E-state index contributed by atoms with van der Waals surface area (Å²) in [6, 6.07) is 18.2. The Bertz CT molecular complexity index is 1660. The van der Waals surface area contributed by atoms with Crippen molar-refractivity contribution < 1.29 is 8.42 Å². The number of nitrogens with zero attached hydrogens (tertiary/aromatic N) is 5. The molecule has 0 aliphatic carbocycles. The average molecular weight is 484 g/mol. The van der Waals surface area contributed by atoms with Crippen LogP contribution in [0.4, 0.5) is 0 Å². The summed E-state index contributed by atoms with van der Waals surface area (Å²) in [6.45, 7) is 0. The second kappa shape index (κ2) is 9.13. The number of hydrogen-bond acceptors (Lipinski definition) is 6. The summed E-state index contributed by atoms with van der Waals surface area (Å²) >= 11 is 0. The molecule has 2 aromatic carbocycles. The van der Waals surface area contributed by atoms with Crippen molar-refractivity contribution in [1.29, 1.82) is 5.26 Å². The summed E-state index contributed by atoms with van der Waals surface area (Å²) in [7, 11) is -2.26. The quantitative estimate of drug-likeness (QED) is 0.361. The highest BCUT2D eigenvalue weighted by atomic mass is 32.2. The van der Waals surface area contributed by atoms with Crippen molar-refractivity contribution >= 4 is 21.1 Å². The average Bonchev–Trinajstić information content (AvgIpc) is 3.57. The second-order valence-corrected chi connectivity index (χ2v) is 9.73. The van der Waals surface area contributed by atoms with Gasteiger partial charge in [-0.2, -0.15) is 10.4 Å². The topological polar surface area (TPSA) is 129 Å². The summed E-state index contributed by atoms with van der Waals surface area (Å²) in [6.07, 6.45) is 7.08. The predicted molar refractivity (Wildman–Crippen MR) is 132 cm³/mol. The molecule has 35 heavy (non-hydrogen) atoms. The minimum atomic E-state index is -3.65. The fraction of sp³-hybridized carbons (Fsp3) is 0.120. The van der Waals surface area contributed by atoms with Gasteiger partial charge >= 0.3 is 0 Å². The molecule has 1 atom stereocenters. The summed E-state index contributed by atoms with van der Waals surface area (Å²) in [4.78, 5) is 11.9. The van der Waals surface area contributed by atoms with Crippen LogP contribution in [0.2, 0.25) is 0 Å². The number of nitrogens with one attached hydrogen (secondary N) is 2. The first-order valence-corrected chi connectivity index (χ1v) is 12.3. The van der Waals surface area contributed by atoms with Crippen LogP contribution in [0.5, 0.6) is 0 Å². The van der Waals surface area contributed by atoms with E-state index in [1.165, 1.54) is 13.4 Å². The van der Waals surface area contributed by atoms with E-state index < -0.39 is 10.0 Å². The van der Waals surface area contributed by atoms with Gasteiger partial charge in [0.1, 0.15) is 12.0 Å². The van der Waals surface area contributed by atoms with Gasteiger partial charge in [-0.3, -0.25) is 4.68 Å². The van der Waals surface area contributed by atoms with Crippen LogP contribution in [0.25, 0.3) is 33.4 Å². The van der Waals surface area contributed by atoms with Crippen molar-refractivity contribution in [1.82, 2.24) is 29.5 Å². The fourth-order valence-corrected chi connectivity index (χ4v) is 5.10. The second-order valence-electron chi connectivity index (χ2n) is 7.88. The molecule has 10 heteroatoms. The molecule has 0 spiro atoms. The van der Waals surface area contributed by atoms with E-state index in [1.807, 2.05) is 42.7 Å². The molecule has 0 fully saturated rings. The first-order valence-electron chi connectivity index (χ1n) is 10.8. The molecule has 0 radical (unpaired) electrons. The molecular weight excluding hydrogens is 462 g/mol. The van der Waals surface area contributed by atoms with Crippen molar-refractivity contribution in [2.24, 2.45) is 0 Å². The molecule has 5 rings (SSSR count). The molecule has 0 amide bonds. The molecule has 5 aromatic rings. The molecule has 1 unspecified atom stereocenters. The molecule has 174 valence electrons. The Balaban J connectivity index is 1.56. The normalized spacial score (nSPS) is 12.5. The first-order chi connectivity index (χ1) is 17.0. The summed E-state index contributed by atoms with van der Waals surface area (Å²) in [5.74, 6) is 0. The highest BCUT2D eigenvalue weighted by Crippen LogP contribution is 2.32. The van der Waals surface area contributed by atoms with Crippen molar-refractivity contribution in [2.45, 2.75) is 17.4 Å². The maximum absolute atomic E-state index is 12.6. The summed E-state index contributed by atoms with van der Waals surface area (Å²) in [5, 5.41) is 15.0. The lowest BCUT2D eigenvalue weighted by molar-refractivity contribution is 0.532. The molecule has 0 aliphatic rings. The van der Waals surface area contributed by atoms with E-state index in [-0.39, 0.29) is 17.4 Å². The van der Waals surface area contributed by atoms with Crippen LogP contribution in [-0.4, -0.2) is 40.2 Å². The Morgan fingerprint density at radius 3 is 2.80 bits per heavy atom. The number of hydrogen-bond donors (Lipinski definition) is 2. The SMILES string of the molecule is CNS(=O)(=O)c1ccccc1-c1cccc(C(CC#N)n2cc(-c3ncnc4[nH]ccc34)cn2)c1. The largest absolute Gasteiger partial charge is 0.346 e. The lowest BCUT2D eigenvalue weighted by Gasteiger charge is -2.17. The first kappa shape index (κ1) is 22.5. The van der Waals surface area contributed by atoms with Crippen LogP contribution in [0.3, 0.4) is 0 Å². The molecular formula is C25H21N7O2S. The standard InChI is InChI=1S/C25H21N7O2S/c1-27-35(33,34)23-8-3-2-7-20(23)17-5-4-6-18(13-17)22(9-11-26)32-15-19(14-31-32)24-21-10-12-28-25(21)30-16-29-24/h2-8,10,12-16,22,27H,9H2,1H3,(H,28,29,30). The Labute approximate surface area is 202 Å². The van der Waals surface area contributed by atoms with Gasteiger partial charge in [0.05, 0.1) is 35.3 Å². The smallest absolute Gasteiger partial charge is 0.240 e. The van der Waals surface area contributed by atoms with Crippen LogP contribution in [0.1, 0.15) is 18.0 Å². The van der Waals surface area contributed by atoms with Crippen molar-refractivity contribution in [3.8, 4) is 28.5 Å². The van der Waals surface area contributed by atoms with Gasteiger partial charge in [0.2, 0.25) is 10.0 Å². The number of rotatable bonds is 7. The zero-order valence-corrected chi connectivity index (χ0v) is 19.6. The molecule has 0 saturated heterocycles. The maximum atomic E-state index is 12.6. The monoisotopic (exact) mass is 483 g/mol. The molecule has 2 N–H and O–H groups in total. The number of nitriles is 1. The third-order valence-corrected chi connectivity index (χ3v) is 7.33. The number of sulfonamides is 1. The number of aromatic nitrogens is 5. The molecule has 0 saturated carbocycles. The molecule has 3 heterocycles. The third-order valence-electron chi connectivity index (χ3n) is 5.86. The van der Waals surface area contributed by atoms with E-state index in [9.17, 15) is 13.7 Å². The zero-order chi connectivity index (χ0) is 24.4. The lowest BCUT2D eigenvalue weighted by atomic mass is 9.98. The summed E-state index contributed by atoms with van der Waals surface area (Å²) < 4.78 is 29.3. The van der Waals surface area contributed by atoms with E-state index in [0.717, 1.165) is 33.4 Å². The van der Waals surface area contributed by atoms with E-state index >= 15 is 0 Å². The molecule has 0 bridgehead atoms. The highest BCUT2D eigenvalue weighted by molar-refractivity contribution is 7.89. The number of H-pyrrole nitrogens is 1. The van der Waals surface area contributed by atoms with Gasteiger partial charge in [-0.25, -0.2) is 23.1 Å². The number of aromatic amines is 1. The highest BCUT2D eigenvalue weighted by Gasteiger charge is 2.20. The Morgan fingerprint density at radius 2 is 1.97 bits per heavy atom. The summed E-state index contributed by atoms with van der Waals surface area (Å²) in [5.41, 5.74) is 4.44. The van der Waals surface area contributed by atoms with Crippen LogP contribution >= 0.6 is 0 Å². The fourth-order valence-electron chi connectivity index (χ4n) is 4.15.